The summed E-state index contributed by atoms with van der Waals surface area (Å²) in [5.74, 6) is 1.97. The molecule has 2 rings (SSSR count). The molecule has 2 aromatic rings. The third kappa shape index (κ3) is 2.94. The highest BCUT2D eigenvalue weighted by Gasteiger charge is 2.03. The maximum Gasteiger partial charge on any atom is 0.218 e. The van der Waals surface area contributed by atoms with Crippen LogP contribution in [0, 0.1) is 13.8 Å². The minimum Gasteiger partial charge on any atom is -0.481 e. The Morgan fingerprint density at radius 2 is 2.11 bits per heavy atom. The largest absolute Gasteiger partial charge is 0.481 e. The van der Waals surface area contributed by atoms with Crippen LogP contribution in [0.3, 0.4) is 0 Å². The molecule has 1 N–H and O–H groups in total. The standard InChI is InChI=1S/C13H16N4O/c1-9-5-4-6-14-11(9)8-15-12-7-13(18-3)17-10(2)16-12/h4-7H,8H2,1-3H3,(H,15,16,17). The molecule has 0 saturated carbocycles. The molecule has 2 heterocycles. The van der Waals surface area contributed by atoms with E-state index in [4.69, 9.17) is 4.74 Å². The summed E-state index contributed by atoms with van der Waals surface area (Å²) >= 11 is 0. The predicted octanol–water partition coefficient (Wildman–Crippen LogP) is 2.11. The van der Waals surface area contributed by atoms with Crippen LogP contribution in [0.25, 0.3) is 0 Å². The molecule has 0 unspecified atom stereocenters. The lowest BCUT2D eigenvalue weighted by molar-refractivity contribution is 0.396. The van der Waals surface area contributed by atoms with E-state index in [1.807, 2.05) is 26.0 Å². The van der Waals surface area contributed by atoms with E-state index in [-0.39, 0.29) is 0 Å². The van der Waals surface area contributed by atoms with Crippen molar-refractivity contribution >= 4 is 5.82 Å². The average molecular weight is 244 g/mol. The summed E-state index contributed by atoms with van der Waals surface area (Å²) < 4.78 is 5.10. The van der Waals surface area contributed by atoms with E-state index in [1.165, 1.54) is 0 Å². The Labute approximate surface area is 106 Å². The number of ether oxygens (including phenoxy) is 1. The van der Waals surface area contributed by atoms with E-state index in [0.717, 1.165) is 17.1 Å². The highest BCUT2D eigenvalue weighted by atomic mass is 16.5. The Morgan fingerprint density at radius 1 is 1.28 bits per heavy atom. The van der Waals surface area contributed by atoms with Gasteiger partial charge in [0.1, 0.15) is 11.6 Å². The number of hydrogen-bond donors (Lipinski definition) is 1. The molecule has 0 aliphatic carbocycles. The van der Waals surface area contributed by atoms with E-state index in [9.17, 15) is 0 Å². The van der Waals surface area contributed by atoms with Crippen molar-refractivity contribution in [2.24, 2.45) is 0 Å². The zero-order chi connectivity index (χ0) is 13.0. The zero-order valence-corrected chi connectivity index (χ0v) is 10.8. The number of hydrogen-bond acceptors (Lipinski definition) is 5. The van der Waals surface area contributed by atoms with Crippen LogP contribution in [-0.2, 0) is 6.54 Å². The maximum absolute atomic E-state index is 5.10. The lowest BCUT2D eigenvalue weighted by atomic mass is 10.2. The monoisotopic (exact) mass is 244 g/mol. The molecular formula is C13H16N4O. The zero-order valence-electron chi connectivity index (χ0n) is 10.8. The normalized spacial score (nSPS) is 10.2. The van der Waals surface area contributed by atoms with Crippen LogP contribution in [0.4, 0.5) is 5.82 Å². The van der Waals surface area contributed by atoms with Crippen molar-refractivity contribution in [3.63, 3.8) is 0 Å². The van der Waals surface area contributed by atoms with Gasteiger partial charge in [-0.15, -0.1) is 0 Å². The van der Waals surface area contributed by atoms with E-state index in [2.05, 4.69) is 20.3 Å². The van der Waals surface area contributed by atoms with Crippen molar-refractivity contribution in [3.05, 3.63) is 41.5 Å². The second-order valence-electron chi connectivity index (χ2n) is 3.96. The van der Waals surface area contributed by atoms with Gasteiger partial charge >= 0.3 is 0 Å². The van der Waals surface area contributed by atoms with Gasteiger partial charge in [0.25, 0.3) is 0 Å². The van der Waals surface area contributed by atoms with Crippen LogP contribution < -0.4 is 10.1 Å². The highest BCUT2D eigenvalue weighted by molar-refractivity contribution is 5.39. The Bertz CT molecular complexity index is 542. The van der Waals surface area contributed by atoms with Gasteiger partial charge in [-0.2, -0.15) is 4.98 Å². The molecule has 18 heavy (non-hydrogen) atoms. The number of nitrogens with zero attached hydrogens (tertiary/aromatic N) is 3. The lowest BCUT2D eigenvalue weighted by Crippen LogP contribution is -2.06. The van der Waals surface area contributed by atoms with Crippen LogP contribution in [-0.4, -0.2) is 22.1 Å². The molecule has 94 valence electrons. The molecule has 0 spiro atoms. The van der Waals surface area contributed by atoms with Gasteiger partial charge in [0.2, 0.25) is 5.88 Å². The van der Waals surface area contributed by atoms with Crippen molar-refractivity contribution < 1.29 is 4.74 Å². The number of rotatable bonds is 4. The summed E-state index contributed by atoms with van der Waals surface area (Å²) in [6, 6.07) is 5.73. The number of nitrogens with one attached hydrogen (secondary N) is 1. The molecule has 0 atom stereocenters. The molecule has 0 aromatic carbocycles. The maximum atomic E-state index is 5.10. The van der Waals surface area contributed by atoms with E-state index in [1.54, 1.807) is 19.4 Å². The van der Waals surface area contributed by atoms with Gasteiger partial charge < -0.3 is 10.1 Å². The molecule has 0 bridgehead atoms. The van der Waals surface area contributed by atoms with E-state index in [0.29, 0.717) is 18.2 Å². The van der Waals surface area contributed by atoms with E-state index >= 15 is 0 Å². The first-order chi connectivity index (χ1) is 8.69. The second-order valence-corrected chi connectivity index (χ2v) is 3.96. The first-order valence-corrected chi connectivity index (χ1v) is 5.73. The summed E-state index contributed by atoms with van der Waals surface area (Å²) in [5.41, 5.74) is 2.16. The predicted molar refractivity (Wildman–Crippen MR) is 69.6 cm³/mol. The van der Waals surface area contributed by atoms with Gasteiger partial charge in [-0.1, -0.05) is 6.07 Å². The third-order valence-corrected chi connectivity index (χ3v) is 2.58. The van der Waals surface area contributed by atoms with Gasteiger partial charge in [0.15, 0.2) is 0 Å². The highest BCUT2D eigenvalue weighted by Crippen LogP contribution is 2.14. The van der Waals surface area contributed by atoms with Gasteiger partial charge in [-0.3, -0.25) is 4.98 Å². The summed E-state index contributed by atoms with van der Waals surface area (Å²) in [6.45, 7) is 4.50. The number of pyridine rings is 1. The third-order valence-electron chi connectivity index (χ3n) is 2.58. The number of methoxy groups -OCH3 is 1. The molecule has 0 aliphatic rings. The van der Waals surface area contributed by atoms with Crippen molar-refractivity contribution in [2.75, 3.05) is 12.4 Å². The fourth-order valence-corrected chi connectivity index (χ4v) is 1.61. The second kappa shape index (κ2) is 5.44. The lowest BCUT2D eigenvalue weighted by Gasteiger charge is -2.08. The van der Waals surface area contributed by atoms with Crippen LogP contribution in [0.1, 0.15) is 17.1 Å². The Kier molecular flexibility index (Phi) is 3.72. The quantitative estimate of drug-likeness (QED) is 0.892. The first-order valence-electron chi connectivity index (χ1n) is 5.73. The fourth-order valence-electron chi connectivity index (χ4n) is 1.61. The molecule has 2 aromatic heterocycles. The summed E-state index contributed by atoms with van der Waals surface area (Å²) in [5, 5.41) is 3.22. The Hall–Kier alpha value is -2.17. The summed E-state index contributed by atoms with van der Waals surface area (Å²) in [6.07, 6.45) is 1.79. The summed E-state index contributed by atoms with van der Waals surface area (Å²) in [7, 11) is 1.59. The number of aryl methyl sites for hydroxylation is 2. The number of anilines is 1. The molecule has 0 radical (unpaired) electrons. The molecule has 5 heteroatoms. The van der Waals surface area contributed by atoms with Gasteiger partial charge in [-0.25, -0.2) is 4.98 Å². The van der Waals surface area contributed by atoms with Gasteiger partial charge in [0.05, 0.1) is 19.3 Å². The molecular weight excluding hydrogens is 228 g/mol. The van der Waals surface area contributed by atoms with Crippen molar-refractivity contribution in [1.82, 2.24) is 15.0 Å². The first kappa shape index (κ1) is 12.3. The minimum absolute atomic E-state index is 0.558. The van der Waals surface area contributed by atoms with Crippen LogP contribution in [0.2, 0.25) is 0 Å². The van der Waals surface area contributed by atoms with Gasteiger partial charge in [-0.05, 0) is 25.5 Å². The SMILES string of the molecule is COc1cc(NCc2ncccc2C)nc(C)n1. The molecule has 0 fully saturated rings. The molecule has 0 saturated heterocycles. The Balaban J connectivity index is 2.11. The Morgan fingerprint density at radius 3 is 2.83 bits per heavy atom. The van der Waals surface area contributed by atoms with Gasteiger partial charge in [0, 0.05) is 12.3 Å². The molecule has 0 amide bonds. The van der Waals surface area contributed by atoms with Crippen molar-refractivity contribution in [2.45, 2.75) is 20.4 Å². The fraction of sp³-hybridized carbons (Fsp3) is 0.308. The van der Waals surface area contributed by atoms with Crippen LogP contribution in [0.15, 0.2) is 24.4 Å². The van der Waals surface area contributed by atoms with Crippen molar-refractivity contribution in [3.8, 4) is 5.88 Å². The minimum atomic E-state index is 0.558. The molecule has 5 nitrogen and oxygen atoms in total. The molecule has 0 aliphatic heterocycles. The van der Waals surface area contributed by atoms with E-state index < -0.39 is 0 Å². The number of aromatic nitrogens is 3. The average Bonchev–Trinajstić information content (AvgIpc) is 2.37. The smallest absolute Gasteiger partial charge is 0.218 e. The van der Waals surface area contributed by atoms with Crippen LogP contribution >= 0.6 is 0 Å². The van der Waals surface area contributed by atoms with Crippen LogP contribution in [0.5, 0.6) is 5.88 Å². The topological polar surface area (TPSA) is 59.9 Å². The summed E-state index contributed by atoms with van der Waals surface area (Å²) in [4.78, 5) is 12.8. The van der Waals surface area contributed by atoms with Crippen molar-refractivity contribution in [1.29, 1.82) is 0 Å².